The first-order valence-electron chi connectivity index (χ1n) is 6.85. The van der Waals surface area contributed by atoms with E-state index in [0.717, 1.165) is 35.9 Å². The van der Waals surface area contributed by atoms with Crippen LogP contribution in [0.15, 0.2) is 18.2 Å². The summed E-state index contributed by atoms with van der Waals surface area (Å²) in [5.41, 5.74) is 3.22. The number of piperidine rings is 1. The SMILES string of the molecule is Fc1ccc2c(c1)-c1nc(N3CCCCC3)sc1C2. The summed E-state index contributed by atoms with van der Waals surface area (Å²) in [6.45, 7) is 2.23. The molecule has 1 aliphatic heterocycles. The Hall–Kier alpha value is -1.42. The molecule has 0 N–H and O–H groups in total. The van der Waals surface area contributed by atoms with Crippen LogP contribution >= 0.6 is 11.3 Å². The van der Waals surface area contributed by atoms with E-state index in [1.807, 2.05) is 6.07 Å². The van der Waals surface area contributed by atoms with Crippen LogP contribution < -0.4 is 4.90 Å². The minimum atomic E-state index is -0.167. The van der Waals surface area contributed by atoms with Crippen LogP contribution in [-0.2, 0) is 6.42 Å². The van der Waals surface area contributed by atoms with Gasteiger partial charge < -0.3 is 4.90 Å². The van der Waals surface area contributed by atoms with Gasteiger partial charge in [0, 0.05) is 30.0 Å². The molecule has 1 aromatic heterocycles. The molecule has 1 fully saturated rings. The summed E-state index contributed by atoms with van der Waals surface area (Å²) < 4.78 is 13.4. The molecule has 0 atom stereocenters. The maximum atomic E-state index is 13.4. The normalized spacial score (nSPS) is 17.4. The molecular weight excluding hydrogens is 259 g/mol. The van der Waals surface area contributed by atoms with Crippen molar-refractivity contribution in [2.24, 2.45) is 0 Å². The molecule has 0 unspecified atom stereocenters. The molecule has 2 heterocycles. The summed E-state index contributed by atoms with van der Waals surface area (Å²) in [4.78, 5) is 8.45. The maximum Gasteiger partial charge on any atom is 0.186 e. The highest BCUT2D eigenvalue weighted by Crippen LogP contribution is 2.42. The highest BCUT2D eigenvalue weighted by molar-refractivity contribution is 7.16. The van der Waals surface area contributed by atoms with Crippen LogP contribution in [-0.4, -0.2) is 18.1 Å². The number of hydrogen-bond donors (Lipinski definition) is 0. The van der Waals surface area contributed by atoms with E-state index in [2.05, 4.69) is 4.90 Å². The molecule has 19 heavy (non-hydrogen) atoms. The molecule has 2 aromatic rings. The number of fused-ring (bicyclic) bond motifs is 3. The standard InChI is InChI=1S/C15H15FN2S/c16-11-5-4-10-8-13-14(12(10)9-11)17-15(19-13)18-6-2-1-3-7-18/h4-5,9H,1-3,6-8H2. The molecule has 2 aliphatic rings. The summed E-state index contributed by atoms with van der Waals surface area (Å²) in [5, 5.41) is 1.12. The second-order valence-electron chi connectivity index (χ2n) is 5.29. The Morgan fingerprint density at radius 3 is 2.84 bits per heavy atom. The smallest absolute Gasteiger partial charge is 0.186 e. The van der Waals surface area contributed by atoms with Crippen molar-refractivity contribution < 1.29 is 4.39 Å². The highest BCUT2D eigenvalue weighted by Gasteiger charge is 2.25. The van der Waals surface area contributed by atoms with Crippen molar-refractivity contribution in [3.05, 3.63) is 34.5 Å². The van der Waals surface area contributed by atoms with E-state index in [-0.39, 0.29) is 5.82 Å². The Morgan fingerprint density at radius 2 is 2.00 bits per heavy atom. The van der Waals surface area contributed by atoms with Gasteiger partial charge in [0.25, 0.3) is 0 Å². The fourth-order valence-electron chi connectivity index (χ4n) is 2.99. The van der Waals surface area contributed by atoms with Crippen LogP contribution in [0.1, 0.15) is 29.7 Å². The third kappa shape index (κ3) is 1.86. The maximum absolute atomic E-state index is 13.4. The Kier molecular flexibility index (Phi) is 2.58. The molecule has 0 bridgehead atoms. The number of anilines is 1. The number of halogens is 1. The lowest BCUT2D eigenvalue weighted by molar-refractivity contribution is 0.577. The van der Waals surface area contributed by atoms with Gasteiger partial charge in [-0.15, -0.1) is 11.3 Å². The van der Waals surface area contributed by atoms with Gasteiger partial charge in [0.05, 0.1) is 5.69 Å². The molecule has 1 saturated heterocycles. The Morgan fingerprint density at radius 1 is 1.16 bits per heavy atom. The van der Waals surface area contributed by atoms with Crippen molar-refractivity contribution >= 4 is 16.5 Å². The molecule has 1 aliphatic carbocycles. The minimum absolute atomic E-state index is 0.167. The molecule has 0 amide bonds. The molecule has 4 heteroatoms. The zero-order chi connectivity index (χ0) is 12.8. The third-order valence-electron chi connectivity index (χ3n) is 3.99. The van der Waals surface area contributed by atoms with Gasteiger partial charge in [0.1, 0.15) is 5.82 Å². The second kappa shape index (κ2) is 4.30. The Labute approximate surface area is 115 Å². The molecular formula is C15H15FN2S. The van der Waals surface area contributed by atoms with E-state index in [9.17, 15) is 4.39 Å². The summed E-state index contributed by atoms with van der Waals surface area (Å²) in [5.74, 6) is -0.167. The topological polar surface area (TPSA) is 16.1 Å². The summed E-state index contributed by atoms with van der Waals surface area (Å²) in [7, 11) is 0. The van der Waals surface area contributed by atoms with Gasteiger partial charge in [0.2, 0.25) is 0 Å². The zero-order valence-electron chi connectivity index (χ0n) is 10.7. The summed E-state index contributed by atoms with van der Waals surface area (Å²) >= 11 is 1.78. The van der Waals surface area contributed by atoms with E-state index in [1.54, 1.807) is 23.5 Å². The molecule has 0 radical (unpaired) electrons. The molecule has 1 aromatic carbocycles. The molecule has 2 nitrogen and oxygen atoms in total. The van der Waals surface area contributed by atoms with Crippen LogP contribution in [0, 0.1) is 5.82 Å². The average molecular weight is 274 g/mol. The molecule has 98 valence electrons. The first-order valence-corrected chi connectivity index (χ1v) is 7.66. The van der Waals surface area contributed by atoms with E-state index >= 15 is 0 Å². The number of hydrogen-bond acceptors (Lipinski definition) is 3. The van der Waals surface area contributed by atoms with Crippen molar-refractivity contribution in [3.63, 3.8) is 0 Å². The first-order chi connectivity index (χ1) is 9.31. The van der Waals surface area contributed by atoms with Gasteiger partial charge in [-0.25, -0.2) is 9.37 Å². The lowest BCUT2D eigenvalue weighted by Crippen LogP contribution is -2.29. The number of rotatable bonds is 1. The van der Waals surface area contributed by atoms with E-state index in [4.69, 9.17) is 4.98 Å². The average Bonchev–Trinajstić information content (AvgIpc) is 2.98. The van der Waals surface area contributed by atoms with Crippen molar-refractivity contribution in [2.75, 3.05) is 18.0 Å². The molecule has 0 saturated carbocycles. The monoisotopic (exact) mass is 274 g/mol. The zero-order valence-corrected chi connectivity index (χ0v) is 11.5. The summed E-state index contributed by atoms with van der Waals surface area (Å²) in [6.07, 6.45) is 4.76. The van der Waals surface area contributed by atoms with Gasteiger partial charge >= 0.3 is 0 Å². The van der Waals surface area contributed by atoms with Gasteiger partial charge in [-0.05, 0) is 37.0 Å². The number of aromatic nitrogens is 1. The third-order valence-corrected chi connectivity index (χ3v) is 5.11. The van der Waals surface area contributed by atoms with Crippen molar-refractivity contribution in [1.82, 2.24) is 4.98 Å². The van der Waals surface area contributed by atoms with Crippen LogP contribution in [0.2, 0.25) is 0 Å². The Bertz CT molecular complexity index is 629. The number of thiazole rings is 1. The number of benzene rings is 1. The lowest BCUT2D eigenvalue weighted by Gasteiger charge is -2.25. The Balaban J connectivity index is 1.72. The van der Waals surface area contributed by atoms with Gasteiger partial charge in [-0.3, -0.25) is 0 Å². The van der Waals surface area contributed by atoms with E-state index in [1.165, 1.54) is 29.7 Å². The highest BCUT2D eigenvalue weighted by atomic mass is 32.1. The fourth-order valence-corrected chi connectivity index (χ4v) is 4.14. The predicted molar refractivity (Wildman–Crippen MR) is 76.4 cm³/mol. The first kappa shape index (κ1) is 11.4. The van der Waals surface area contributed by atoms with Crippen molar-refractivity contribution in [2.45, 2.75) is 25.7 Å². The molecule has 4 rings (SSSR count). The van der Waals surface area contributed by atoms with E-state index in [0.29, 0.717) is 0 Å². The fraction of sp³-hybridized carbons (Fsp3) is 0.400. The molecule has 0 spiro atoms. The minimum Gasteiger partial charge on any atom is -0.348 e. The summed E-state index contributed by atoms with van der Waals surface area (Å²) in [6, 6.07) is 5.06. The van der Waals surface area contributed by atoms with Crippen LogP contribution in [0.4, 0.5) is 9.52 Å². The second-order valence-corrected chi connectivity index (χ2v) is 6.36. The van der Waals surface area contributed by atoms with Gasteiger partial charge in [-0.2, -0.15) is 0 Å². The number of nitrogens with zero attached hydrogens (tertiary/aromatic N) is 2. The van der Waals surface area contributed by atoms with E-state index < -0.39 is 0 Å². The van der Waals surface area contributed by atoms with Crippen LogP contribution in [0.5, 0.6) is 0 Å². The van der Waals surface area contributed by atoms with Crippen LogP contribution in [0.3, 0.4) is 0 Å². The largest absolute Gasteiger partial charge is 0.348 e. The van der Waals surface area contributed by atoms with Gasteiger partial charge in [0.15, 0.2) is 5.13 Å². The lowest BCUT2D eigenvalue weighted by atomic mass is 10.1. The predicted octanol–water partition coefficient (Wildman–Crippen LogP) is 3.84. The van der Waals surface area contributed by atoms with Crippen molar-refractivity contribution in [1.29, 1.82) is 0 Å². The quantitative estimate of drug-likeness (QED) is 0.670. The van der Waals surface area contributed by atoms with Crippen molar-refractivity contribution in [3.8, 4) is 11.3 Å². The van der Waals surface area contributed by atoms with Crippen LogP contribution in [0.25, 0.3) is 11.3 Å². The van der Waals surface area contributed by atoms with Gasteiger partial charge in [-0.1, -0.05) is 6.07 Å².